The Morgan fingerprint density at radius 3 is 2.52 bits per heavy atom. The summed E-state index contributed by atoms with van der Waals surface area (Å²) in [5.41, 5.74) is -0.263. The number of hydrogen-bond donors (Lipinski definition) is 1. The number of carbonyl (C=O) groups is 1. The molecule has 8 heteroatoms. The predicted molar refractivity (Wildman–Crippen MR) is 86.5 cm³/mol. The molecular weight excluding hydrogens is 321 g/mol. The van der Waals surface area contributed by atoms with Crippen molar-refractivity contribution in [2.24, 2.45) is 0 Å². The maximum Gasteiger partial charge on any atom is 0.341 e. The lowest BCUT2D eigenvalue weighted by Gasteiger charge is -2.08. The molecule has 0 atom stereocenters. The fourth-order valence-corrected chi connectivity index (χ4v) is 3.14. The summed E-state index contributed by atoms with van der Waals surface area (Å²) in [6, 6.07) is 6.56. The summed E-state index contributed by atoms with van der Waals surface area (Å²) in [6.07, 6.45) is 0. The van der Waals surface area contributed by atoms with E-state index in [4.69, 9.17) is 0 Å². The molecule has 0 saturated carbocycles. The molecule has 1 aromatic carbocycles. The van der Waals surface area contributed by atoms with E-state index in [1.807, 2.05) is 0 Å². The largest absolute Gasteiger partial charge is 0.477 e. The van der Waals surface area contributed by atoms with Crippen LogP contribution in [-0.2, 0) is 0 Å². The van der Waals surface area contributed by atoms with Crippen LogP contribution >= 0.6 is 11.3 Å². The highest BCUT2D eigenvalue weighted by Crippen LogP contribution is 2.29. The summed E-state index contributed by atoms with van der Waals surface area (Å²) in [5.74, 6) is -1.77. The highest BCUT2D eigenvalue weighted by Gasteiger charge is 2.19. The van der Waals surface area contributed by atoms with Crippen LogP contribution in [0.3, 0.4) is 0 Å². The second kappa shape index (κ2) is 5.47. The average Bonchev–Trinajstić information content (AvgIpc) is 2.91. The van der Waals surface area contributed by atoms with Gasteiger partial charge in [0, 0.05) is 14.1 Å². The number of rotatable bonds is 3. The lowest BCUT2D eigenvalue weighted by Crippen LogP contribution is -2.25. The van der Waals surface area contributed by atoms with Crippen molar-refractivity contribution in [3.63, 3.8) is 0 Å². The molecule has 0 aliphatic rings. The van der Waals surface area contributed by atoms with Gasteiger partial charge in [0.2, 0.25) is 0 Å². The second-order valence-corrected chi connectivity index (χ2v) is 6.02. The zero-order chi connectivity index (χ0) is 16.7. The third-order valence-electron chi connectivity index (χ3n) is 3.24. The minimum Gasteiger partial charge on any atom is -0.477 e. The first-order valence-corrected chi connectivity index (χ1v) is 7.43. The number of benzene rings is 1. The molecule has 0 unspecified atom stereocenters. The first kappa shape index (κ1) is 15.2. The maximum atomic E-state index is 13.1. The number of aromatic carboxylic acids is 1. The van der Waals surface area contributed by atoms with Gasteiger partial charge in [0.05, 0.1) is 5.69 Å². The van der Waals surface area contributed by atoms with E-state index < -0.39 is 17.3 Å². The van der Waals surface area contributed by atoms with Gasteiger partial charge >= 0.3 is 5.97 Å². The van der Waals surface area contributed by atoms with Gasteiger partial charge in [-0.2, -0.15) is 0 Å². The van der Waals surface area contributed by atoms with Crippen LogP contribution in [0.25, 0.3) is 16.0 Å². The Balaban J connectivity index is 2.41. The van der Waals surface area contributed by atoms with Crippen molar-refractivity contribution in [3.8, 4) is 5.69 Å². The molecule has 3 rings (SSSR count). The number of nitrogens with zero attached hydrogens (tertiary/aromatic N) is 3. The molecule has 2 heterocycles. The van der Waals surface area contributed by atoms with E-state index in [1.54, 1.807) is 19.0 Å². The fraction of sp³-hybridized carbons (Fsp3) is 0.133. The topological polar surface area (TPSA) is 75.4 Å². The van der Waals surface area contributed by atoms with E-state index >= 15 is 0 Å². The molecule has 1 N–H and O–H groups in total. The van der Waals surface area contributed by atoms with Gasteiger partial charge in [-0.05, 0) is 30.3 Å². The standard InChI is InChI=1S/C15H12FN3O3S/c1-18(2)15-17-11-7-10(14(21)22)12(20)19(13(11)23-15)9-5-3-8(16)4-6-9/h3-7H,1-2H3,(H,21,22). The van der Waals surface area contributed by atoms with Crippen LogP contribution in [0.1, 0.15) is 10.4 Å². The van der Waals surface area contributed by atoms with Crippen molar-refractivity contribution in [1.82, 2.24) is 9.55 Å². The number of hydrogen-bond acceptors (Lipinski definition) is 5. The molecule has 2 aromatic heterocycles. The number of anilines is 1. The molecule has 0 amide bonds. The van der Waals surface area contributed by atoms with Crippen molar-refractivity contribution >= 4 is 32.8 Å². The predicted octanol–water partition coefficient (Wildman–Crippen LogP) is 2.35. The van der Waals surface area contributed by atoms with Crippen LogP contribution in [-0.4, -0.2) is 34.7 Å². The number of carboxylic acids is 1. The summed E-state index contributed by atoms with van der Waals surface area (Å²) in [7, 11) is 3.60. The Kier molecular flexibility index (Phi) is 3.61. The second-order valence-electron chi connectivity index (χ2n) is 5.06. The van der Waals surface area contributed by atoms with Crippen molar-refractivity contribution in [2.45, 2.75) is 0 Å². The van der Waals surface area contributed by atoms with Crippen LogP contribution in [0.15, 0.2) is 35.1 Å². The van der Waals surface area contributed by atoms with Crippen molar-refractivity contribution in [2.75, 3.05) is 19.0 Å². The van der Waals surface area contributed by atoms with E-state index in [0.717, 1.165) is 0 Å². The summed E-state index contributed by atoms with van der Waals surface area (Å²) < 4.78 is 14.4. The first-order valence-electron chi connectivity index (χ1n) is 6.61. The zero-order valence-electron chi connectivity index (χ0n) is 12.3. The number of fused-ring (bicyclic) bond motifs is 1. The molecule has 0 aliphatic carbocycles. The van der Waals surface area contributed by atoms with E-state index in [-0.39, 0.29) is 5.56 Å². The summed E-state index contributed by atoms with van der Waals surface area (Å²) in [4.78, 5) is 30.5. The minimum absolute atomic E-state index is 0.377. The van der Waals surface area contributed by atoms with Crippen LogP contribution < -0.4 is 10.5 Å². The lowest BCUT2D eigenvalue weighted by atomic mass is 10.2. The Labute approximate surface area is 134 Å². The smallest absolute Gasteiger partial charge is 0.341 e. The average molecular weight is 333 g/mol. The molecule has 23 heavy (non-hydrogen) atoms. The molecule has 118 valence electrons. The molecule has 3 aromatic rings. The highest BCUT2D eigenvalue weighted by molar-refractivity contribution is 7.21. The van der Waals surface area contributed by atoms with Crippen molar-refractivity contribution < 1.29 is 14.3 Å². The van der Waals surface area contributed by atoms with Crippen LogP contribution in [0, 0.1) is 5.82 Å². The van der Waals surface area contributed by atoms with Crippen molar-refractivity contribution in [3.05, 3.63) is 52.1 Å². The molecule has 0 spiro atoms. The number of halogens is 1. The molecule has 0 aliphatic heterocycles. The monoisotopic (exact) mass is 333 g/mol. The van der Waals surface area contributed by atoms with E-state index in [2.05, 4.69) is 4.98 Å². The van der Waals surface area contributed by atoms with Gasteiger partial charge in [0.15, 0.2) is 5.13 Å². The number of aromatic nitrogens is 2. The molecular formula is C15H12FN3O3S. The Morgan fingerprint density at radius 1 is 1.30 bits per heavy atom. The Bertz CT molecular complexity index is 960. The maximum absolute atomic E-state index is 13.1. The van der Waals surface area contributed by atoms with E-state index in [9.17, 15) is 19.1 Å². The number of thiazole rings is 1. The minimum atomic E-state index is -1.33. The van der Waals surface area contributed by atoms with Gasteiger partial charge in [-0.15, -0.1) is 0 Å². The van der Waals surface area contributed by atoms with Crippen LogP contribution in [0.2, 0.25) is 0 Å². The highest BCUT2D eigenvalue weighted by atomic mass is 32.1. The zero-order valence-corrected chi connectivity index (χ0v) is 13.1. The molecule has 0 fully saturated rings. The fourth-order valence-electron chi connectivity index (χ4n) is 2.15. The van der Waals surface area contributed by atoms with Crippen molar-refractivity contribution in [1.29, 1.82) is 0 Å². The number of carboxylic acid groups (broad SMARTS) is 1. The summed E-state index contributed by atoms with van der Waals surface area (Å²) in [5, 5.41) is 9.89. The van der Waals surface area contributed by atoms with E-state index in [1.165, 1.54) is 46.2 Å². The van der Waals surface area contributed by atoms with Gasteiger partial charge in [-0.3, -0.25) is 9.36 Å². The van der Waals surface area contributed by atoms with E-state index in [0.29, 0.717) is 21.2 Å². The van der Waals surface area contributed by atoms with Gasteiger partial charge in [0.1, 0.15) is 21.7 Å². The SMILES string of the molecule is CN(C)c1nc2cc(C(=O)O)c(=O)n(-c3ccc(F)cc3)c2s1. The lowest BCUT2D eigenvalue weighted by molar-refractivity contribution is 0.0695. The Morgan fingerprint density at radius 2 is 1.96 bits per heavy atom. The molecule has 0 bridgehead atoms. The molecule has 6 nitrogen and oxygen atoms in total. The van der Waals surface area contributed by atoms with Crippen LogP contribution in [0.4, 0.5) is 9.52 Å². The Hall–Kier alpha value is -2.74. The van der Waals surface area contributed by atoms with Crippen LogP contribution in [0.5, 0.6) is 0 Å². The van der Waals surface area contributed by atoms with Gasteiger partial charge in [-0.1, -0.05) is 11.3 Å². The van der Waals surface area contributed by atoms with Gasteiger partial charge in [-0.25, -0.2) is 14.2 Å². The van der Waals surface area contributed by atoms with Gasteiger partial charge in [0.25, 0.3) is 5.56 Å². The number of pyridine rings is 1. The summed E-state index contributed by atoms with van der Waals surface area (Å²) in [6.45, 7) is 0. The molecule has 0 saturated heterocycles. The molecule has 0 radical (unpaired) electrons. The third-order valence-corrected chi connectivity index (χ3v) is 4.46. The van der Waals surface area contributed by atoms with Gasteiger partial charge < -0.3 is 10.0 Å². The summed E-state index contributed by atoms with van der Waals surface area (Å²) >= 11 is 1.26. The third kappa shape index (κ3) is 2.57. The normalized spacial score (nSPS) is 10.9. The quantitative estimate of drug-likeness (QED) is 0.796. The first-order chi connectivity index (χ1) is 10.9.